The van der Waals surface area contributed by atoms with E-state index in [2.05, 4.69) is 15.9 Å². The smallest absolute Gasteiger partial charge is 0.175 e. The molecule has 0 saturated heterocycles. The van der Waals surface area contributed by atoms with Crippen molar-refractivity contribution in [2.24, 2.45) is 5.73 Å². The fourth-order valence-corrected chi connectivity index (χ4v) is 3.33. The van der Waals surface area contributed by atoms with Crippen molar-refractivity contribution in [3.8, 4) is 11.5 Å². The highest BCUT2D eigenvalue weighted by atomic mass is 79.9. The van der Waals surface area contributed by atoms with Gasteiger partial charge in [0.2, 0.25) is 0 Å². The Bertz CT molecular complexity index is 819. The molecule has 1 atom stereocenters. The summed E-state index contributed by atoms with van der Waals surface area (Å²) in [4.78, 5) is 0. The quantitative estimate of drug-likeness (QED) is 0.544. The second kappa shape index (κ2) is 8.92. The van der Waals surface area contributed by atoms with Gasteiger partial charge in [-0.25, -0.2) is 0 Å². The van der Waals surface area contributed by atoms with Crippen LogP contribution in [-0.2, 0) is 13.0 Å². The van der Waals surface area contributed by atoms with E-state index in [0.29, 0.717) is 31.1 Å². The Morgan fingerprint density at radius 3 is 2.54 bits per heavy atom. The molecule has 0 fully saturated rings. The maximum atomic E-state index is 6.24. The number of halogens is 1. The van der Waals surface area contributed by atoms with E-state index in [1.165, 1.54) is 0 Å². The summed E-state index contributed by atoms with van der Waals surface area (Å²) in [5, 5.41) is 0. The molecule has 0 saturated carbocycles. The van der Waals surface area contributed by atoms with Crippen LogP contribution in [0.1, 0.15) is 29.9 Å². The first kappa shape index (κ1) is 18.5. The first-order chi connectivity index (χ1) is 12.7. The van der Waals surface area contributed by atoms with Gasteiger partial charge in [-0.15, -0.1) is 0 Å². The molecule has 3 aromatic rings. The second-order valence-corrected chi connectivity index (χ2v) is 6.79. The van der Waals surface area contributed by atoms with Crippen LogP contribution in [-0.4, -0.2) is 6.61 Å². The Labute approximate surface area is 162 Å². The Kier molecular flexibility index (Phi) is 6.36. The van der Waals surface area contributed by atoms with Gasteiger partial charge in [0.25, 0.3) is 0 Å². The molecule has 0 aliphatic heterocycles. The highest BCUT2D eigenvalue weighted by Gasteiger charge is 2.16. The molecule has 0 radical (unpaired) electrons. The maximum Gasteiger partial charge on any atom is 0.175 e. The summed E-state index contributed by atoms with van der Waals surface area (Å²) in [6.45, 7) is 2.99. The topological polar surface area (TPSA) is 57.6 Å². The summed E-state index contributed by atoms with van der Waals surface area (Å²) in [6, 6.07) is 17.6. The number of ether oxygens (including phenoxy) is 2. The molecule has 0 spiro atoms. The van der Waals surface area contributed by atoms with Crippen LogP contribution in [0.4, 0.5) is 0 Å². The lowest BCUT2D eigenvalue weighted by atomic mass is 10.0. The van der Waals surface area contributed by atoms with Crippen LogP contribution in [0.25, 0.3) is 0 Å². The summed E-state index contributed by atoms with van der Waals surface area (Å²) in [7, 11) is 0. The summed E-state index contributed by atoms with van der Waals surface area (Å²) < 4.78 is 18.1. The van der Waals surface area contributed by atoms with Crippen molar-refractivity contribution in [2.45, 2.75) is 26.0 Å². The fraction of sp³-hybridized carbons (Fsp3) is 0.238. The van der Waals surface area contributed by atoms with Gasteiger partial charge in [0, 0.05) is 0 Å². The predicted molar refractivity (Wildman–Crippen MR) is 105 cm³/mol. The summed E-state index contributed by atoms with van der Waals surface area (Å²) in [5.41, 5.74) is 8.39. The van der Waals surface area contributed by atoms with Crippen LogP contribution >= 0.6 is 15.9 Å². The van der Waals surface area contributed by atoms with Crippen LogP contribution in [0.15, 0.2) is 69.8 Å². The van der Waals surface area contributed by atoms with Crippen LogP contribution < -0.4 is 15.2 Å². The van der Waals surface area contributed by atoms with Gasteiger partial charge in [-0.05, 0) is 64.7 Å². The molecule has 1 aromatic heterocycles. The largest absolute Gasteiger partial charge is 0.490 e. The molecule has 2 N–H and O–H groups in total. The second-order valence-electron chi connectivity index (χ2n) is 5.94. The van der Waals surface area contributed by atoms with Gasteiger partial charge in [-0.1, -0.05) is 30.3 Å². The standard InChI is InChI=1S/C21H22BrNO3/c1-2-24-20-13-16(12-18(23)19-9-6-10-25-19)11-17(22)21(20)26-14-15-7-4-3-5-8-15/h3-11,13,18H,2,12,14,23H2,1H3. The molecule has 0 bridgehead atoms. The Balaban J connectivity index is 1.78. The SMILES string of the molecule is CCOc1cc(CC(N)c2ccco2)cc(Br)c1OCc1ccccc1. The third-order valence-electron chi connectivity index (χ3n) is 3.96. The van der Waals surface area contributed by atoms with Gasteiger partial charge < -0.3 is 19.6 Å². The predicted octanol–water partition coefficient (Wildman–Crippen LogP) is 5.26. The van der Waals surface area contributed by atoms with E-state index < -0.39 is 0 Å². The highest BCUT2D eigenvalue weighted by molar-refractivity contribution is 9.10. The zero-order chi connectivity index (χ0) is 18.4. The molecule has 0 aliphatic carbocycles. The minimum absolute atomic E-state index is 0.206. The van der Waals surface area contributed by atoms with Gasteiger partial charge in [-0.2, -0.15) is 0 Å². The zero-order valence-electron chi connectivity index (χ0n) is 14.7. The monoisotopic (exact) mass is 415 g/mol. The number of rotatable bonds is 8. The molecule has 2 aromatic carbocycles. The normalized spacial score (nSPS) is 12.0. The number of hydrogen-bond acceptors (Lipinski definition) is 4. The van der Waals surface area contributed by atoms with E-state index in [4.69, 9.17) is 19.6 Å². The van der Waals surface area contributed by atoms with Crippen molar-refractivity contribution < 1.29 is 13.9 Å². The molecule has 4 nitrogen and oxygen atoms in total. The van der Waals surface area contributed by atoms with E-state index in [0.717, 1.165) is 21.4 Å². The van der Waals surface area contributed by atoms with Crippen molar-refractivity contribution in [1.29, 1.82) is 0 Å². The summed E-state index contributed by atoms with van der Waals surface area (Å²) >= 11 is 3.61. The van der Waals surface area contributed by atoms with Gasteiger partial charge >= 0.3 is 0 Å². The number of furan rings is 1. The Morgan fingerprint density at radius 2 is 1.85 bits per heavy atom. The average molecular weight is 416 g/mol. The third kappa shape index (κ3) is 4.68. The molecular formula is C21H22BrNO3. The molecule has 26 heavy (non-hydrogen) atoms. The van der Waals surface area contributed by atoms with Crippen LogP contribution in [0, 0.1) is 0 Å². The summed E-state index contributed by atoms with van der Waals surface area (Å²) in [6.07, 6.45) is 2.28. The van der Waals surface area contributed by atoms with Crippen molar-refractivity contribution >= 4 is 15.9 Å². The van der Waals surface area contributed by atoms with E-state index in [-0.39, 0.29) is 6.04 Å². The third-order valence-corrected chi connectivity index (χ3v) is 4.55. The summed E-state index contributed by atoms with van der Waals surface area (Å²) in [5.74, 6) is 2.17. The van der Waals surface area contributed by atoms with Crippen molar-refractivity contribution in [3.05, 3.63) is 82.2 Å². The molecule has 0 aliphatic rings. The first-order valence-corrected chi connectivity index (χ1v) is 9.37. The lowest BCUT2D eigenvalue weighted by Crippen LogP contribution is -2.12. The van der Waals surface area contributed by atoms with Crippen molar-refractivity contribution in [2.75, 3.05) is 6.61 Å². The van der Waals surface area contributed by atoms with Crippen molar-refractivity contribution in [3.63, 3.8) is 0 Å². The molecule has 0 amide bonds. The van der Waals surface area contributed by atoms with Gasteiger partial charge in [0.15, 0.2) is 11.5 Å². The fourth-order valence-electron chi connectivity index (χ4n) is 2.73. The lowest BCUT2D eigenvalue weighted by Gasteiger charge is -2.17. The van der Waals surface area contributed by atoms with Gasteiger partial charge in [0.1, 0.15) is 12.4 Å². The van der Waals surface area contributed by atoms with E-state index in [9.17, 15) is 0 Å². The number of hydrogen-bond donors (Lipinski definition) is 1. The Morgan fingerprint density at radius 1 is 1.04 bits per heavy atom. The average Bonchev–Trinajstić information content (AvgIpc) is 3.17. The van der Waals surface area contributed by atoms with E-state index in [1.807, 2.05) is 61.5 Å². The molecular weight excluding hydrogens is 394 g/mol. The number of nitrogens with two attached hydrogens (primary N) is 1. The van der Waals surface area contributed by atoms with E-state index in [1.54, 1.807) is 6.26 Å². The van der Waals surface area contributed by atoms with Crippen molar-refractivity contribution in [1.82, 2.24) is 0 Å². The van der Waals surface area contributed by atoms with Crippen LogP contribution in [0.5, 0.6) is 11.5 Å². The highest BCUT2D eigenvalue weighted by Crippen LogP contribution is 2.38. The van der Waals surface area contributed by atoms with Crippen LogP contribution in [0.2, 0.25) is 0 Å². The van der Waals surface area contributed by atoms with Gasteiger partial charge in [-0.3, -0.25) is 0 Å². The molecule has 136 valence electrons. The number of benzene rings is 2. The molecule has 1 unspecified atom stereocenters. The Hall–Kier alpha value is -2.24. The molecule has 1 heterocycles. The lowest BCUT2D eigenvalue weighted by molar-refractivity contribution is 0.267. The molecule has 5 heteroatoms. The zero-order valence-corrected chi connectivity index (χ0v) is 16.2. The van der Waals surface area contributed by atoms with Gasteiger partial charge in [0.05, 0.1) is 23.4 Å². The minimum Gasteiger partial charge on any atom is -0.490 e. The van der Waals surface area contributed by atoms with E-state index >= 15 is 0 Å². The first-order valence-electron chi connectivity index (χ1n) is 8.58. The minimum atomic E-state index is -0.206. The maximum absolute atomic E-state index is 6.24. The molecule has 3 rings (SSSR count). The van der Waals surface area contributed by atoms with Crippen LogP contribution in [0.3, 0.4) is 0 Å².